The number of aryl methyl sites for hydroxylation is 1. The summed E-state index contributed by atoms with van der Waals surface area (Å²) in [6, 6.07) is 6.30. The summed E-state index contributed by atoms with van der Waals surface area (Å²) in [6.07, 6.45) is 1.55. The van der Waals surface area contributed by atoms with Crippen molar-refractivity contribution in [2.45, 2.75) is 12.8 Å². The van der Waals surface area contributed by atoms with Crippen LogP contribution in [0.4, 0.5) is 4.39 Å². The Bertz CT molecular complexity index is 798. The van der Waals surface area contributed by atoms with Crippen LogP contribution in [0.1, 0.15) is 11.4 Å². The number of benzene rings is 1. The van der Waals surface area contributed by atoms with Gasteiger partial charge in [0.1, 0.15) is 17.2 Å². The Morgan fingerprint density at radius 1 is 1.30 bits per heavy atom. The largest absolute Gasteiger partial charge is 0.279 e. The van der Waals surface area contributed by atoms with E-state index in [4.69, 9.17) is 23.2 Å². The summed E-state index contributed by atoms with van der Waals surface area (Å²) >= 11 is 11.9. The molecule has 0 aliphatic heterocycles. The van der Waals surface area contributed by atoms with E-state index in [1.165, 1.54) is 12.1 Å². The van der Waals surface area contributed by atoms with Crippen molar-refractivity contribution in [1.29, 1.82) is 0 Å². The standard InChI is InChI=1S/C14H10Cl2FN3/c1-8-4-10(17)2-3-12(8)20-13(6-15)19-11-5-9(16)7-18-14(11)20/h2-5,7H,6H2,1H3. The van der Waals surface area contributed by atoms with Gasteiger partial charge >= 0.3 is 0 Å². The van der Waals surface area contributed by atoms with Gasteiger partial charge in [-0.1, -0.05) is 11.6 Å². The molecule has 0 aliphatic carbocycles. The first kappa shape index (κ1) is 13.3. The van der Waals surface area contributed by atoms with Gasteiger partial charge in [-0.05, 0) is 36.8 Å². The molecule has 2 aromatic heterocycles. The number of hydrogen-bond acceptors (Lipinski definition) is 2. The van der Waals surface area contributed by atoms with E-state index in [0.29, 0.717) is 22.0 Å². The number of pyridine rings is 1. The van der Waals surface area contributed by atoms with Crippen LogP contribution in [0.3, 0.4) is 0 Å². The highest BCUT2D eigenvalue weighted by atomic mass is 35.5. The van der Waals surface area contributed by atoms with Crippen LogP contribution in [-0.2, 0) is 5.88 Å². The highest BCUT2D eigenvalue weighted by molar-refractivity contribution is 6.31. The van der Waals surface area contributed by atoms with Crippen LogP contribution in [0, 0.1) is 12.7 Å². The third-order valence-corrected chi connectivity index (χ3v) is 3.50. The smallest absolute Gasteiger partial charge is 0.164 e. The normalized spacial score (nSPS) is 11.2. The molecule has 2 heterocycles. The fourth-order valence-corrected chi connectivity index (χ4v) is 2.53. The zero-order valence-electron chi connectivity index (χ0n) is 10.6. The van der Waals surface area contributed by atoms with Gasteiger partial charge in [0, 0.05) is 6.20 Å². The van der Waals surface area contributed by atoms with Crippen molar-refractivity contribution in [2.24, 2.45) is 0 Å². The Balaban J connectivity index is 2.34. The molecule has 0 fully saturated rings. The first-order chi connectivity index (χ1) is 9.60. The van der Waals surface area contributed by atoms with E-state index in [-0.39, 0.29) is 11.7 Å². The van der Waals surface area contributed by atoms with Gasteiger partial charge in [-0.15, -0.1) is 11.6 Å². The summed E-state index contributed by atoms with van der Waals surface area (Å²) in [5.41, 5.74) is 2.91. The maximum absolute atomic E-state index is 13.3. The molecule has 102 valence electrons. The van der Waals surface area contributed by atoms with E-state index in [2.05, 4.69) is 9.97 Å². The average Bonchev–Trinajstić information content (AvgIpc) is 2.76. The molecular formula is C14H10Cl2FN3. The second-order valence-corrected chi connectivity index (χ2v) is 5.13. The fraction of sp³-hybridized carbons (Fsp3) is 0.143. The van der Waals surface area contributed by atoms with Crippen molar-refractivity contribution >= 4 is 34.4 Å². The van der Waals surface area contributed by atoms with Crippen LogP contribution < -0.4 is 0 Å². The van der Waals surface area contributed by atoms with E-state index >= 15 is 0 Å². The number of imidazole rings is 1. The maximum Gasteiger partial charge on any atom is 0.164 e. The van der Waals surface area contributed by atoms with Crippen molar-refractivity contribution in [3.05, 3.63) is 52.7 Å². The van der Waals surface area contributed by atoms with E-state index in [9.17, 15) is 4.39 Å². The third-order valence-electron chi connectivity index (χ3n) is 3.05. The molecule has 0 atom stereocenters. The lowest BCUT2D eigenvalue weighted by Crippen LogP contribution is -2.02. The molecule has 0 spiro atoms. The molecule has 0 aliphatic rings. The van der Waals surface area contributed by atoms with Gasteiger partial charge in [0.15, 0.2) is 5.65 Å². The lowest BCUT2D eigenvalue weighted by atomic mass is 10.2. The van der Waals surface area contributed by atoms with Crippen molar-refractivity contribution < 1.29 is 4.39 Å². The van der Waals surface area contributed by atoms with Crippen LogP contribution in [0.5, 0.6) is 0 Å². The second-order valence-electron chi connectivity index (χ2n) is 4.42. The fourth-order valence-electron chi connectivity index (χ4n) is 2.20. The summed E-state index contributed by atoms with van der Waals surface area (Å²) in [6.45, 7) is 1.83. The molecule has 0 unspecified atom stereocenters. The lowest BCUT2D eigenvalue weighted by Gasteiger charge is -2.10. The molecule has 0 saturated heterocycles. The summed E-state index contributed by atoms with van der Waals surface area (Å²) in [5, 5.41) is 0.513. The minimum absolute atomic E-state index is 0.227. The van der Waals surface area contributed by atoms with Gasteiger partial charge < -0.3 is 0 Å². The molecule has 3 nitrogen and oxygen atoms in total. The number of fused-ring (bicyclic) bond motifs is 1. The predicted octanol–water partition coefficient (Wildman–Crippen LogP) is 4.26. The third kappa shape index (κ3) is 2.15. The highest BCUT2D eigenvalue weighted by Crippen LogP contribution is 2.25. The Hall–Kier alpha value is -1.65. The maximum atomic E-state index is 13.3. The van der Waals surface area contributed by atoms with Crippen LogP contribution in [0.2, 0.25) is 5.02 Å². The molecule has 0 N–H and O–H groups in total. The Morgan fingerprint density at radius 2 is 2.10 bits per heavy atom. The molecule has 1 aromatic carbocycles. The average molecular weight is 310 g/mol. The van der Waals surface area contributed by atoms with Gasteiger partial charge in [0.2, 0.25) is 0 Å². The van der Waals surface area contributed by atoms with E-state index < -0.39 is 0 Å². The highest BCUT2D eigenvalue weighted by Gasteiger charge is 2.15. The number of nitrogens with zero attached hydrogens (tertiary/aromatic N) is 3. The Labute approximate surface area is 125 Å². The molecule has 0 saturated carbocycles. The summed E-state index contributed by atoms with van der Waals surface area (Å²) in [4.78, 5) is 8.73. The van der Waals surface area contributed by atoms with Crippen molar-refractivity contribution in [1.82, 2.24) is 14.5 Å². The van der Waals surface area contributed by atoms with Crippen LogP contribution in [-0.4, -0.2) is 14.5 Å². The number of rotatable bonds is 2. The van der Waals surface area contributed by atoms with E-state index in [1.807, 2.05) is 11.5 Å². The zero-order valence-corrected chi connectivity index (χ0v) is 12.1. The number of alkyl halides is 1. The van der Waals surface area contributed by atoms with Crippen molar-refractivity contribution in [3.63, 3.8) is 0 Å². The minimum Gasteiger partial charge on any atom is -0.279 e. The molecule has 0 bridgehead atoms. The molecule has 6 heteroatoms. The predicted molar refractivity (Wildman–Crippen MR) is 78.1 cm³/mol. The molecule has 20 heavy (non-hydrogen) atoms. The Kier molecular flexibility index (Phi) is 3.36. The van der Waals surface area contributed by atoms with Crippen LogP contribution in [0.25, 0.3) is 16.9 Å². The SMILES string of the molecule is Cc1cc(F)ccc1-n1c(CCl)nc2cc(Cl)cnc21. The van der Waals surface area contributed by atoms with Crippen LogP contribution in [0.15, 0.2) is 30.5 Å². The molecule has 0 radical (unpaired) electrons. The topological polar surface area (TPSA) is 30.7 Å². The summed E-state index contributed by atoms with van der Waals surface area (Å²) in [5.74, 6) is 0.593. The molecule has 0 amide bonds. The van der Waals surface area contributed by atoms with Crippen LogP contribution >= 0.6 is 23.2 Å². The van der Waals surface area contributed by atoms with Gasteiger partial charge in [-0.25, -0.2) is 14.4 Å². The summed E-state index contributed by atoms with van der Waals surface area (Å²) < 4.78 is 15.1. The number of halogens is 3. The first-order valence-electron chi connectivity index (χ1n) is 5.95. The number of hydrogen-bond donors (Lipinski definition) is 0. The number of aromatic nitrogens is 3. The molecule has 3 rings (SSSR count). The zero-order chi connectivity index (χ0) is 14.3. The van der Waals surface area contributed by atoms with Gasteiger partial charge in [-0.3, -0.25) is 4.57 Å². The van der Waals surface area contributed by atoms with Gasteiger partial charge in [0.25, 0.3) is 0 Å². The first-order valence-corrected chi connectivity index (χ1v) is 6.87. The van der Waals surface area contributed by atoms with Gasteiger partial charge in [-0.2, -0.15) is 0 Å². The lowest BCUT2D eigenvalue weighted by molar-refractivity contribution is 0.626. The van der Waals surface area contributed by atoms with E-state index in [1.54, 1.807) is 18.3 Å². The molecular weight excluding hydrogens is 300 g/mol. The minimum atomic E-state index is -0.279. The van der Waals surface area contributed by atoms with Crippen molar-refractivity contribution in [3.8, 4) is 5.69 Å². The van der Waals surface area contributed by atoms with E-state index in [0.717, 1.165) is 11.3 Å². The quantitative estimate of drug-likeness (QED) is 0.662. The monoisotopic (exact) mass is 309 g/mol. The van der Waals surface area contributed by atoms with Gasteiger partial charge in [0.05, 0.1) is 16.6 Å². The second kappa shape index (κ2) is 5.04. The summed E-state index contributed by atoms with van der Waals surface area (Å²) in [7, 11) is 0. The Morgan fingerprint density at radius 3 is 2.80 bits per heavy atom. The van der Waals surface area contributed by atoms with Crippen molar-refractivity contribution in [2.75, 3.05) is 0 Å². The molecule has 3 aromatic rings.